The lowest BCUT2D eigenvalue weighted by Crippen LogP contribution is -2.56. The number of carbonyl (C=O) groups is 1. The summed E-state index contributed by atoms with van der Waals surface area (Å²) in [5.41, 5.74) is -0.297. The summed E-state index contributed by atoms with van der Waals surface area (Å²) in [7, 11) is 3.57. The van der Waals surface area contributed by atoms with Crippen molar-refractivity contribution in [2.75, 3.05) is 14.1 Å². The fraction of sp³-hybridized carbons (Fsp3) is 0.889. The second kappa shape index (κ2) is 3.44. The van der Waals surface area contributed by atoms with Crippen LogP contribution in [0.25, 0.3) is 0 Å². The molecule has 1 rings (SSSR count). The number of nitrogens with one attached hydrogen (secondary N) is 2. The predicted molar refractivity (Wildman–Crippen MR) is 48.9 cm³/mol. The number of amides is 1. The van der Waals surface area contributed by atoms with E-state index in [1.807, 2.05) is 7.05 Å². The summed E-state index contributed by atoms with van der Waals surface area (Å²) < 4.78 is 0. The van der Waals surface area contributed by atoms with Crippen molar-refractivity contribution in [3.8, 4) is 0 Å². The lowest BCUT2D eigenvalue weighted by Gasteiger charge is -2.31. The summed E-state index contributed by atoms with van der Waals surface area (Å²) in [4.78, 5) is 11.6. The average Bonchev–Trinajstić information content (AvgIpc) is 2.46. The molecule has 1 fully saturated rings. The quantitative estimate of drug-likeness (QED) is 0.634. The lowest BCUT2D eigenvalue weighted by atomic mass is 9.87. The van der Waals surface area contributed by atoms with Gasteiger partial charge < -0.3 is 10.6 Å². The van der Waals surface area contributed by atoms with Crippen molar-refractivity contribution in [2.45, 2.75) is 31.7 Å². The van der Waals surface area contributed by atoms with Crippen molar-refractivity contribution in [1.82, 2.24) is 10.6 Å². The molecule has 1 amide bonds. The molecule has 3 heteroatoms. The van der Waals surface area contributed by atoms with Crippen LogP contribution in [0.5, 0.6) is 0 Å². The molecule has 12 heavy (non-hydrogen) atoms. The Morgan fingerprint density at radius 1 is 1.50 bits per heavy atom. The Hall–Kier alpha value is -0.570. The maximum atomic E-state index is 11.6. The first-order chi connectivity index (χ1) is 5.67. The van der Waals surface area contributed by atoms with E-state index in [-0.39, 0.29) is 11.4 Å². The van der Waals surface area contributed by atoms with Gasteiger partial charge >= 0.3 is 0 Å². The second-order valence-electron chi connectivity index (χ2n) is 3.59. The van der Waals surface area contributed by atoms with E-state index in [0.717, 1.165) is 19.3 Å². The SMILES string of the molecule is CNC(=O)C1(NC)CCC[C@H]1C. The average molecular weight is 170 g/mol. The molecule has 2 N–H and O–H groups in total. The summed E-state index contributed by atoms with van der Waals surface area (Å²) >= 11 is 0. The molecular weight excluding hydrogens is 152 g/mol. The standard InChI is InChI=1S/C9H18N2O/c1-7-5-4-6-9(7,11-3)8(12)10-2/h7,11H,4-6H2,1-3H3,(H,10,12)/t7-,9?/m1/s1. The van der Waals surface area contributed by atoms with Gasteiger partial charge in [0.2, 0.25) is 5.91 Å². The van der Waals surface area contributed by atoms with Crippen LogP contribution in [0.4, 0.5) is 0 Å². The van der Waals surface area contributed by atoms with Crippen molar-refractivity contribution in [1.29, 1.82) is 0 Å². The number of hydrogen-bond donors (Lipinski definition) is 2. The van der Waals surface area contributed by atoms with Crippen LogP contribution < -0.4 is 10.6 Å². The molecule has 1 saturated carbocycles. The maximum Gasteiger partial charge on any atom is 0.240 e. The van der Waals surface area contributed by atoms with Crippen LogP contribution in [-0.4, -0.2) is 25.5 Å². The highest BCUT2D eigenvalue weighted by atomic mass is 16.2. The molecule has 0 spiro atoms. The Bertz CT molecular complexity index is 181. The van der Waals surface area contributed by atoms with Gasteiger partial charge in [0.1, 0.15) is 5.54 Å². The summed E-state index contributed by atoms with van der Waals surface area (Å²) in [6, 6.07) is 0. The molecule has 0 radical (unpaired) electrons. The first-order valence-corrected chi connectivity index (χ1v) is 4.58. The third-order valence-corrected chi connectivity index (χ3v) is 3.13. The first kappa shape index (κ1) is 9.52. The molecule has 1 aliphatic rings. The highest BCUT2D eigenvalue weighted by molar-refractivity contribution is 5.86. The van der Waals surface area contributed by atoms with Gasteiger partial charge in [0.25, 0.3) is 0 Å². The van der Waals surface area contributed by atoms with Crippen LogP contribution in [0.15, 0.2) is 0 Å². The van der Waals surface area contributed by atoms with E-state index in [0.29, 0.717) is 5.92 Å². The number of hydrogen-bond acceptors (Lipinski definition) is 2. The highest BCUT2D eigenvalue weighted by Crippen LogP contribution is 2.35. The minimum atomic E-state index is -0.297. The fourth-order valence-corrected chi connectivity index (χ4v) is 2.23. The third kappa shape index (κ3) is 1.22. The van der Waals surface area contributed by atoms with Gasteiger partial charge in [0.15, 0.2) is 0 Å². The molecule has 1 unspecified atom stereocenters. The molecule has 0 heterocycles. The van der Waals surface area contributed by atoms with E-state index in [1.54, 1.807) is 7.05 Å². The van der Waals surface area contributed by atoms with E-state index in [9.17, 15) is 4.79 Å². The molecule has 0 aromatic carbocycles. The summed E-state index contributed by atoms with van der Waals surface area (Å²) in [6.45, 7) is 2.14. The third-order valence-electron chi connectivity index (χ3n) is 3.13. The van der Waals surface area contributed by atoms with Crippen LogP contribution >= 0.6 is 0 Å². The Morgan fingerprint density at radius 3 is 2.50 bits per heavy atom. The van der Waals surface area contributed by atoms with E-state index in [4.69, 9.17) is 0 Å². The first-order valence-electron chi connectivity index (χ1n) is 4.58. The van der Waals surface area contributed by atoms with Gasteiger partial charge in [-0.05, 0) is 25.8 Å². The van der Waals surface area contributed by atoms with Gasteiger partial charge in [0.05, 0.1) is 0 Å². The zero-order valence-corrected chi connectivity index (χ0v) is 8.11. The molecule has 70 valence electrons. The molecule has 0 aromatic rings. The molecular formula is C9H18N2O. The van der Waals surface area contributed by atoms with Crippen LogP contribution in [0.3, 0.4) is 0 Å². The fourth-order valence-electron chi connectivity index (χ4n) is 2.23. The summed E-state index contributed by atoms with van der Waals surface area (Å²) in [5, 5.41) is 5.89. The zero-order chi connectivity index (χ0) is 9.19. The summed E-state index contributed by atoms with van der Waals surface area (Å²) in [6.07, 6.45) is 3.26. The highest BCUT2D eigenvalue weighted by Gasteiger charge is 2.44. The van der Waals surface area contributed by atoms with Crippen LogP contribution in [0.1, 0.15) is 26.2 Å². The van der Waals surface area contributed by atoms with Gasteiger partial charge in [-0.2, -0.15) is 0 Å². The normalized spacial score (nSPS) is 35.1. The minimum absolute atomic E-state index is 0.134. The van der Waals surface area contributed by atoms with Crippen molar-refractivity contribution < 1.29 is 4.79 Å². The van der Waals surface area contributed by atoms with Crippen molar-refractivity contribution >= 4 is 5.91 Å². The van der Waals surface area contributed by atoms with Crippen LogP contribution in [0.2, 0.25) is 0 Å². The molecule has 3 nitrogen and oxygen atoms in total. The summed E-state index contributed by atoms with van der Waals surface area (Å²) in [5.74, 6) is 0.581. The monoisotopic (exact) mass is 170 g/mol. The van der Waals surface area contributed by atoms with Gasteiger partial charge in [-0.1, -0.05) is 13.3 Å². The second-order valence-corrected chi connectivity index (χ2v) is 3.59. The van der Waals surface area contributed by atoms with Crippen molar-refractivity contribution in [3.63, 3.8) is 0 Å². The zero-order valence-electron chi connectivity index (χ0n) is 8.11. The van der Waals surface area contributed by atoms with E-state index in [2.05, 4.69) is 17.6 Å². The van der Waals surface area contributed by atoms with Crippen LogP contribution in [-0.2, 0) is 4.79 Å². The Morgan fingerprint density at radius 2 is 2.17 bits per heavy atom. The molecule has 1 aliphatic carbocycles. The van der Waals surface area contributed by atoms with E-state index in [1.165, 1.54) is 0 Å². The number of rotatable bonds is 2. The van der Waals surface area contributed by atoms with Crippen molar-refractivity contribution in [2.24, 2.45) is 5.92 Å². The largest absolute Gasteiger partial charge is 0.358 e. The number of carbonyl (C=O) groups excluding carboxylic acids is 1. The van der Waals surface area contributed by atoms with E-state index >= 15 is 0 Å². The maximum absolute atomic E-state index is 11.6. The smallest absolute Gasteiger partial charge is 0.240 e. The van der Waals surface area contributed by atoms with Gasteiger partial charge in [0, 0.05) is 7.05 Å². The molecule has 0 aromatic heterocycles. The molecule has 2 atom stereocenters. The molecule has 0 saturated heterocycles. The lowest BCUT2D eigenvalue weighted by molar-refractivity contribution is -0.128. The van der Waals surface area contributed by atoms with E-state index < -0.39 is 0 Å². The van der Waals surface area contributed by atoms with Gasteiger partial charge in [-0.3, -0.25) is 4.79 Å². The van der Waals surface area contributed by atoms with Crippen molar-refractivity contribution in [3.05, 3.63) is 0 Å². The molecule has 0 bridgehead atoms. The Labute approximate surface area is 73.9 Å². The Balaban J connectivity index is 2.81. The topological polar surface area (TPSA) is 41.1 Å². The predicted octanol–water partition coefficient (Wildman–Crippen LogP) is 0.511. The van der Waals surface area contributed by atoms with Crippen LogP contribution in [0, 0.1) is 5.92 Å². The minimum Gasteiger partial charge on any atom is -0.358 e. The van der Waals surface area contributed by atoms with Gasteiger partial charge in [-0.15, -0.1) is 0 Å². The Kier molecular flexibility index (Phi) is 2.73. The number of likely N-dealkylation sites (N-methyl/N-ethyl adjacent to an activating group) is 2. The molecule has 0 aliphatic heterocycles. The van der Waals surface area contributed by atoms with Gasteiger partial charge in [-0.25, -0.2) is 0 Å².